The Balaban J connectivity index is 1.83. The van der Waals surface area contributed by atoms with Gasteiger partial charge >= 0.3 is 0 Å². The summed E-state index contributed by atoms with van der Waals surface area (Å²) in [5, 5.41) is 0. The van der Waals surface area contributed by atoms with E-state index in [0.29, 0.717) is 17.7 Å². The number of nitrogens with zero attached hydrogens (tertiary/aromatic N) is 8. The highest BCUT2D eigenvalue weighted by Crippen LogP contribution is 2.16. The van der Waals surface area contributed by atoms with Crippen molar-refractivity contribution in [3.63, 3.8) is 0 Å². The Morgan fingerprint density at radius 1 is 0.810 bits per heavy atom. The van der Waals surface area contributed by atoms with E-state index in [9.17, 15) is 0 Å². The molecule has 4 rings (SSSR count). The van der Waals surface area contributed by atoms with Crippen LogP contribution in [0, 0.1) is 0 Å². The Kier molecular flexibility index (Phi) is 2.44. The number of imidazole rings is 2. The van der Waals surface area contributed by atoms with E-state index in [4.69, 9.17) is 0 Å². The minimum Gasteiger partial charge on any atom is -0.328 e. The largest absolute Gasteiger partial charge is 0.328 e. The smallest absolute Gasteiger partial charge is 0.181 e. The maximum atomic E-state index is 4.54. The minimum absolute atomic E-state index is 0.597. The predicted molar refractivity (Wildman–Crippen MR) is 75.4 cm³/mol. The summed E-state index contributed by atoms with van der Waals surface area (Å²) < 4.78 is 3.97. The van der Waals surface area contributed by atoms with Crippen molar-refractivity contribution in [1.29, 1.82) is 0 Å². The average molecular weight is 280 g/mol. The summed E-state index contributed by atoms with van der Waals surface area (Å²) in [6, 6.07) is 0. The molecule has 0 unspecified atom stereocenters. The standard InChI is InChI=1S/C13H12N8/c1-20-8-4-14-6-16-12(8)18-10(20)3-11-19-13-9(21(11)2)5-15-7-17-13/h4-7H,3H2,1-2H3. The number of hydrogen-bond acceptors (Lipinski definition) is 6. The highest BCUT2D eigenvalue weighted by atomic mass is 15.1. The fourth-order valence-corrected chi connectivity index (χ4v) is 2.41. The Morgan fingerprint density at radius 3 is 1.71 bits per heavy atom. The number of hydrogen-bond donors (Lipinski definition) is 0. The summed E-state index contributed by atoms with van der Waals surface area (Å²) in [6.45, 7) is 0. The molecule has 0 aliphatic rings. The molecule has 0 spiro atoms. The zero-order chi connectivity index (χ0) is 14.4. The lowest BCUT2D eigenvalue weighted by molar-refractivity contribution is 0.774. The van der Waals surface area contributed by atoms with E-state index in [1.807, 2.05) is 23.2 Å². The quantitative estimate of drug-likeness (QED) is 0.535. The van der Waals surface area contributed by atoms with Gasteiger partial charge in [-0.1, -0.05) is 0 Å². The van der Waals surface area contributed by atoms with Gasteiger partial charge < -0.3 is 9.13 Å². The van der Waals surface area contributed by atoms with E-state index in [2.05, 4.69) is 29.9 Å². The molecule has 0 saturated carbocycles. The highest BCUT2D eigenvalue weighted by molar-refractivity contribution is 5.71. The second-order valence-corrected chi connectivity index (χ2v) is 4.81. The van der Waals surface area contributed by atoms with Crippen LogP contribution in [0.4, 0.5) is 0 Å². The van der Waals surface area contributed by atoms with Crippen molar-refractivity contribution in [2.45, 2.75) is 6.42 Å². The van der Waals surface area contributed by atoms with E-state index >= 15 is 0 Å². The Labute approximate surface area is 119 Å². The van der Waals surface area contributed by atoms with E-state index in [1.165, 1.54) is 12.7 Å². The molecule has 0 aliphatic carbocycles. The van der Waals surface area contributed by atoms with Gasteiger partial charge in [0, 0.05) is 14.1 Å². The highest BCUT2D eigenvalue weighted by Gasteiger charge is 2.14. The molecule has 0 amide bonds. The number of aromatic nitrogens is 8. The zero-order valence-corrected chi connectivity index (χ0v) is 11.6. The zero-order valence-electron chi connectivity index (χ0n) is 11.6. The van der Waals surface area contributed by atoms with Crippen LogP contribution >= 0.6 is 0 Å². The summed E-state index contributed by atoms with van der Waals surface area (Å²) in [4.78, 5) is 25.5. The molecule has 0 aromatic carbocycles. The molecule has 104 valence electrons. The fraction of sp³-hybridized carbons (Fsp3) is 0.231. The van der Waals surface area contributed by atoms with Crippen LogP contribution in [0.25, 0.3) is 22.3 Å². The van der Waals surface area contributed by atoms with Crippen molar-refractivity contribution < 1.29 is 0 Å². The van der Waals surface area contributed by atoms with E-state index < -0.39 is 0 Å². The SMILES string of the molecule is Cn1c(Cc2nc3ncncc3n2C)nc2ncncc21. The van der Waals surface area contributed by atoms with E-state index in [1.54, 1.807) is 12.4 Å². The van der Waals surface area contributed by atoms with Gasteiger partial charge in [-0.05, 0) is 0 Å². The molecule has 4 aromatic rings. The normalized spacial score (nSPS) is 11.5. The number of fused-ring (bicyclic) bond motifs is 2. The van der Waals surface area contributed by atoms with Crippen LogP contribution < -0.4 is 0 Å². The van der Waals surface area contributed by atoms with Crippen molar-refractivity contribution in [3.05, 3.63) is 36.7 Å². The van der Waals surface area contributed by atoms with Crippen LogP contribution in [0.3, 0.4) is 0 Å². The first-order chi connectivity index (χ1) is 10.2. The van der Waals surface area contributed by atoms with Gasteiger partial charge in [0.1, 0.15) is 35.3 Å². The molecule has 0 radical (unpaired) electrons. The molecule has 8 heteroatoms. The minimum atomic E-state index is 0.597. The summed E-state index contributed by atoms with van der Waals surface area (Å²) in [6.07, 6.45) is 7.13. The van der Waals surface area contributed by atoms with Crippen LogP contribution in [-0.4, -0.2) is 39.0 Å². The van der Waals surface area contributed by atoms with Crippen LogP contribution in [0.2, 0.25) is 0 Å². The van der Waals surface area contributed by atoms with Gasteiger partial charge in [-0.2, -0.15) is 0 Å². The first-order valence-electron chi connectivity index (χ1n) is 6.46. The molecule has 0 atom stereocenters. The lowest BCUT2D eigenvalue weighted by Crippen LogP contribution is -2.04. The summed E-state index contributed by atoms with van der Waals surface area (Å²) in [5.74, 6) is 1.77. The third-order valence-corrected chi connectivity index (χ3v) is 3.63. The second kappa shape index (κ2) is 4.30. The van der Waals surface area contributed by atoms with E-state index in [-0.39, 0.29) is 0 Å². The molecule has 4 aromatic heterocycles. The maximum absolute atomic E-state index is 4.54. The van der Waals surface area contributed by atoms with Gasteiger partial charge in [0.2, 0.25) is 0 Å². The van der Waals surface area contributed by atoms with Gasteiger partial charge in [-0.3, -0.25) is 0 Å². The molecule has 0 aliphatic heterocycles. The lowest BCUT2D eigenvalue weighted by Gasteiger charge is -2.02. The fourth-order valence-electron chi connectivity index (χ4n) is 2.41. The van der Waals surface area contributed by atoms with Gasteiger partial charge in [-0.25, -0.2) is 29.9 Å². The lowest BCUT2D eigenvalue weighted by atomic mass is 10.4. The van der Waals surface area contributed by atoms with Gasteiger partial charge in [-0.15, -0.1) is 0 Å². The van der Waals surface area contributed by atoms with Crippen LogP contribution in [-0.2, 0) is 20.5 Å². The Bertz CT molecular complexity index is 873. The molecule has 8 nitrogen and oxygen atoms in total. The molecule has 0 fully saturated rings. The van der Waals surface area contributed by atoms with E-state index in [0.717, 1.165) is 22.7 Å². The predicted octanol–water partition coefficient (Wildman–Crippen LogP) is 0.631. The van der Waals surface area contributed by atoms with Crippen molar-refractivity contribution in [2.24, 2.45) is 14.1 Å². The Hall–Kier alpha value is -2.90. The van der Waals surface area contributed by atoms with Gasteiger partial charge in [0.05, 0.1) is 18.8 Å². The maximum Gasteiger partial charge on any atom is 0.181 e. The van der Waals surface area contributed by atoms with Gasteiger partial charge in [0.25, 0.3) is 0 Å². The monoisotopic (exact) mass is 280 g/mol. The van der Waals surface area contributed by atoms with Crippen molar-refractivity contribution in [1.82, 2.24) is 39.0 Å². The first kappa shape index (κ1) is 11.9. The molecule has 21 heavy (non-hydrogen) atoms. The van der Waals surface area contributed by atoms with Crippen molar-refractivity contribution in [3.8, 4) is 0 Å². The summed E-state index contributed by atoms with van der Waals surface area (Å²) in [7, 11) is 3.91. The topological polar surface area (TPSA) is 87.2 Å². The van der Waals surface area contributed by atoms with Gasteiger partial charge in [0.15, 0.2) is 11.3 Å². The first-order valence-corrected chi connectivity index (χ1v) is 6.46. The van der Waals surface area contributed by atoms with Crippen molar-refractivity contribution in [2.75, 3.05) is 0 Å². The Morgan fingerprint density at radius 2 is 1.29 bits per heavy atom. The average Bonchev–Trinajstić information content (AvgIpc) is 2.99. The summed E-state index contributed by atoms with van der Waals surface area (Å²) in [5.41, 5.74) is 3.21. The number of rotatable bonds is 2. The molecular weight excluding hydrogens is 268 g/mol. The molecule has 0 N–H and O–H groups in total. The summed E-state index contributed by atoms with van der Waals surface area (Å²) >= 11 is 0. The second-order valence-electron chi connectivity index (χ2n) is 4.81. The third kappa shape index (κ3) is 1.76. The molecule has 0 bridgehead atoms. The van der Waals surface area contributed by atoms with Crippen LogP contribution in [0.1, 0.15) is 11.6 Å². The molecular formula is C13H12N8. The van der Waals surface area contributed by atoms with Crippen LogP contribution in [0.5, 0.6) is 0 Å². The molecule has 0 saturated heterocycles. The molecule has 4 heterocycles. The third-order valence-electron chi connectivity index (χ3n) is 3.63. The number of aryl methyl sites for hydroxylation is 2. The van der Waals surface area contributed by atoms with Crippen LogP contribution in [0.15, 0.2) is 25.0 Å². The van der Waals surface area contributed by atoms with Crippen molar-refractivity contribution >= 4 is 22.3 Å².